The van der Waals surface area contributed by atoms with Crippen molar-refractivity contribution in [3.05, 3.63) is 0 Å². The van der Waals surface area contributed by atoms with E-state index < -0.39 is 0 Å². The molecule has 0 aliphatic heterocycles. The number of hydrogen-bond donors (Lipinski definition) is 2. The number of carbonyl (C=O) groups excluding carboxylic acids is 1. The molecule has 0 saturated heterocycles. The van der Waals surface area contributed by atoms with Crippen LogP contribution in [0.25, 0.3) is 0 Å². The van der Waals surface area contributed by atoms with Crippen LogP contribution in [-0.2, 0) is 4.79 Å². The van der Waals surface area contributed by atoms with Gasteiger partial charge in [0.05, 0.1) is 12.1 Å². The van der Waals surface area contributed by atoms with Gasteiger partial charge in [-0.15, -0.1) is 0 Å². The van der Waals surface area contributed by atoms with E-state index >= 15 is 0 Å². The minimum absolute atomic E-state index is 0.285. The maximum atomic E-state index is 10.6. The van der Waals surface area contributed by atoms with Gasteiger partial charge in [-0.3, -0.25) is 4.79 Å². The van der Waals surface area contributed by atoms with Crippen LogP contribution in [0.4, 0.5) is 0 Å². The van der Waals surface area contributed by atoms with Crippen molar-refractivity contribution in [2.24, 2.45) is 5.92 Å². The van der Waals surface area contributed by atoms with Crippen LogP contribution >= 0.6 is 0 Å². The van der Waals surface area contributed by atoms with Gasteiger partial charge in [0.15, 0.2) is 5.78 Å². The topological polar surface area (TPSA) is 64.8 Å². The summed E-state index contributed by atoms with van der Waals surface area (Å²) in [5.41, 5.74) is 0. The first-order valence-corrected chi connectivity index (χ1v) is 2.81. The van der Waals surface area contributed by atoms with Crippen molar-refractivity contribution in [2.45, 2.75) is 13.3 Å². The SMILES string of the molecule is CC[C@H](C=N)C(=O)C=N. The number of rotatable bonds is 4. The highest BCUT2D eigenvalue weighted by Crippen LogP contribution is 1.97. The van der Waals surface area contributed by atoms with E-state index in [4.69, 9.17) is 10.8 Å². The first kappa shape index (κ1) is 8.01. The van der Waals surface area contributed by atoms with Crippen LogP contribution in [0.5, 0.6) is 0 Å². The van der Waals surface area contributed by atoms with Gasteiger partial charge in [0, 0.05) is 6.21 Å². The molecule has 3 heteroatoms. The van der Waals surface area contributed by atoms with Crippen LogP contribution in [0.15, 0.2) is 0 Å². The maximum Gasteiger partial charge on any atom is 0.181 e. The molecule has 0 aromatic carbocycles. The molecule has 0 saturated carbocycles. The summed E-state index contributed by atoms with van der Waals surface area (Å²) in [6, 6.07) is 0. The van der Waals surface area contributed by atoms with Crippen LogP contribution < -0.4 is 0 Å². The second-order valence-electron chi connectivity index (χ2n) is 1.73. The molecule has 0 bridgehead atoms. The molecule has 0 amide bonds. The predicted octanol–water partition coefficient (Wildman–Crippen LogP) is 0.881. The highest BCUT2D eigenvalue weighted by molar-refractivity contribution is 6.30. The van der Waals surface area contributed by atoms with E-state index in [0.717, 1.165) is 12.4 Å². The Bertz CT molecular complexity index is 131. The van der Waals surface area contributed by atoms with Crippen LogP contribution in [0.1, 0.15) is 13.3 Å². The Kier molecular flexibility index (Phi) is 3.51. The minimum Gasteiger partial charge on any atom is -0.312 e. The number of Topliss-reactive ketones (excluding diaryl/α,β-unsaturated/α-hetero) is 1. The fraction of sp³-hybridized carbons (Fsp3) is 0.500. The molecule has 2 N–H and O–H groups in total. The molecule has 9 heavy (non-hydrogen) atoms. The van der Waals surface area contributed by atoms with E-state index in [2.05, 4.69) is 0 Å². The van der Waals surface area contributed by atoms with Crippen molar-refractivity contribution in [1.82, 2.24) is 0 Å². The summed E-state index contributed by atoms with van der Waals surface area (Å²) in [5, 5.41) is 13.3. The van der Waals surface area contributed by atoms with E-state index in [0.29, 0.717) is 6.42 Å². The molecule has 0 spiro atoms. The number of carbonyl (C=O) groups is 1. The van der Waals surface area contributed by atoms with E-state index in [1.807, 2.05) is 6.92 Å². The fourth-order valence-corrected chi connectivity index (χ4v) is 0.508. The third kappa shape index (κ3) is 2.17. The first-order chi connectivity index (χ1) is 4.26. The van der Waals surface area contributed by atoms with Crippen molar-refractivity contribution in [3.63, 3.8) is 0 Å². The molecule has 0 heterocycles. The Balaban J connectivity index is 3.93. The normalized spacial score (nSPS) is 12.1. The van der Waals surface area contributed by atoms with Gasteiger partial charge in [-0.25, -0.2) is 0 Å². The van der Waals surface area contributed by atoms with Gasteiger partial charge in [-0.05, 0) is 6.42 Å². The van der Waals surface area contributed by atoms with Crippen LogP contribution in [0.3, 0.4) is 0 Å². The monoisotopic (exact) mass is 126 g/mol. The zero-order chi connectivity index (χ0) is 7.28. The molecule has 0 rings (SSSR count). The Morgan fingerprint density at radius 1 is 1.67 bits per heavy atom. The molecular weight excluding hydrogens is 116 g/mol. The lowest BCUT2D eigenvalue weighted by molar-refractivity contribution is -0.114. The van der Waals surface area contributed by atoms with Crippen molar-refractivity contribution >= 4 is 18.2 Å². The Morgan fingerprint density at radius 3 is 2.33 bits per heavy atom. The zero-order valence-corrected chi connectivity index (χ0v) is 5.35. The Hall–Kier alpha value is -0.990. The summed E-state index contributed by atoms with van der Waals surface area (Å²) in [6.45, 7) is 1.82. The molecular formula is C6H10N2O. The van der Waals surface area contributed by atoms with E-state index in [1.54, 1.807) is 0 Å². The smallest absolute Gasteiger partial charge is 0.181 e. The molecule has 0 aromatic rings. The Labute approximate surface area is 54.1 Å². The average molecular weight is 126 g/mol. The quantitative estimate of drug-likeness (QED) is 0.539. The van der Waals surface area contributed by atoms with Crippen LogP contribution in [-0.4, -0.2) is 18.2 Å². The van der Waals surface area contributed by atoms with Crippen LogP contribution in [0, 0.1) is 16.7 Å². The molecule has 1 atom stereocenters. The minimum atomic E-state index is -0.373. The molecule has 50 valence electrons. The molecule has 0 radical (unpaired) electrons. The van der Waals surface area contributed by atoms with E-state index in [1.165, 1.54) is 0 Å². The number of nitrogens with one attached hydrogen (secondary N) is 2. The second-order valence-corrected chi connectivity index (χ2v) is 1.73. The molecule has 0 aliphatic rings. The maximum absolute atomic E-state index is 10.6. The van der Waals surface area contributed by atoms with Crippen LogP contribution in [0.2, 0.25) is 0 Å². The van der Waals surface area contributed by atoms with Gasteiger partial charge < -0.3 is 10.8 Å². The summed E-state index contributed by atoms with van der Waals surface area (Å²) < 4.78 is 0. The summed E-state index contributed by atoms with van der Waals surface area (Å²) in [5.74, 6) is -0.657. The lowest BCUT2D eigenvalue weighted by Gasteiger charge is -1.99. The van der Waals surface area contributed by atoms with E-state index in [9.17, 15) is 4.79 Å². The lowest BCUT2D eigenvalue weighted by atomic mass is 10.0. The fourth-order valence-electron chi connectivity index (χ4n) is 0.508. The highest BCUT2D eigenvalue weighted by Gasteiger charge is 2.08. The number of hydrogen-bond acceptors (Lipinski definition) is 3. The van der Waals surface area contributed by atoms with Crippen molar-refractivity contribution in [1.29, 1.82) is 10.8 Å². The third-order valence-corrected chi connectivity index (χ3v) is 1.15. The van der Waals surface area contributed by atoms with Crippen molar-refractivity contribution in [3.8, 4) is 0 Å². The average Bonchev–Trinajstić information content (AvgIpc) is 1.90. The Morgan fingerprint density at radius 2 is 2.22 bits per heavy atom. The molecule has 3 nitrogen and oxygen atoms in total. The zero-order valence-electron chi connectivity index (χ0n) is 5.35. The molecule has 0 aliphatic carbocycles. The second kappa shape index (κ2) is 3.95. The highest BCUT2D eigenvalue weighted by atomic mass is 16.1. The van der Waals surface area contributed by atoms with Crippen molar-refractivity contribution in [2.75, 3.05) is 0 Å². The largest absolute Gasteiger partial charge is 0.312 e. The first-order valence-electron chi connectivity index (χ1n) is 2.81. The van der Waals surface area contributed by atoms with Crippen molar-refractivity contribution < 1.29 is 4.79 Å². The van der Waals surface area contributed by atoms with Gasteiger partial charge >= 0.3 is 0 Å². The lowest BCUT2D eigenvalue weighted by Crippen LogP contribution is -2.14. The van der Waals surface area contributed by atoms with Gasteiger partial charge in [-0.2, -0.15) is 0 Å². The predicted molar refractivity (Wildman–Crippen MR) is 36.4 cm³/mol. The third-order valence-electron chi connectivity index (χ3n) is 1.15. The van der Waals surface area contributed by atoms with Gasteiger partial charge in [0.2, 0.25) is 0 Å². The molecule has 0 unspecified atom stereocenters. The summed E-state index contributed by atoms with van der Waals surface area (Å²) in [7, 11) is 0. The summed E-state index contributed by atoms with van der Waals surface area (Å²) in [6.07, 6.45) is 2.45. The van der Waals surface area contributed by atoms with Gasteiger partial charge in [-0.1, -0.05) is 6.92 Å². The standard InChI is InChI=1S/C6H10N2O/c1-2-5(3-7)6(9)4-8/h3-5,7-8H,2H2,1H3/t5-/m1/s1. The van der Waals surface area contributed by atoms with Gasteiger partial charge in [0.1, 0.15) is 0 Å². The summed E-state index contributed by atoms with van der Waals surface area (Å²) >= 11 is 0. The summed E-state index contributed by atoms with van der Waals surface area (Å²) in [4.78, 5) is 10.6. The number of ketones is 1. The molecule has 0 fully saturated rings. The van der Waals surface area contributed by atoms with Gasteiger partial charge in [0.25, 0.3) is 0 Å². The van der Waals surface area contributed by atoms with E-state index in [-0.39, 0.29) is 11.7 Å². The molecule has 0 aromatic heterocycles.